The van der Waals surface area contributed by atoms with Crippen LogP contribution in [-0.2, 0) is 9.53 Å². The van der Waals surface area contributed by atoms with Crippen LogP contribution in [0.3, 0.4) is 0 Å². The zero-order chi connectivity index (χ0) is 14.9. The second-order valence-corrected chi connectivity index (χ2v) is 6.05. The molecule has 120 valence electrons. The summed E-state index contributed by atoms with van der Waals surface area (Å²) in [6, 6.07) is 0. The SMILES string of the molecule is CCCCCCCCC(CCCCCCC)COC=O. The highest BCUT2D eigenvalue weighted by atomic mass is 16.5. The molecule has 20 heavy (non-hydrogen) atoms. The molecule has 1 unspecified atom stereocenters. The summed E-state index contributed by atoms with van der Waals surface area (Å²) in [6.45, 7) is 5.74. The molecule has 0 spiro atoms. The standard InChI is InChI=1S/C18H36O2/c1-3-5-7-9-11-13-15-18(16-20-17-19)14-12-10-8-6-4-2/h17-18H,3-16H2,1-2H3. The van der Waals surface area contributed by atoms with Gasteiger partial charge in [0.2, 0.25) is 0 Å². The Hall–Kier alpha value is -0.530. The van der Waals surface area contributed by atoms with Crippen molar-refractivity contribution in [2.24, 2.45) is 5.92 Å². The molecule has 0 bridgehead atoms. The molecular weight excluding hydrogens is 248 g/mol. The topological polar surface area (TPSA) is 26.3 Å². The van der Waals surface area contributed by atoms with Gasteiger partial charge in [-0.3, -0.25) is 4.79 Å². The quantitative estimate of drug-likeness (QED) is 0.261. The molecule has 0 aliphatic rings. The van der Waals surface area contributed by atoms with Crippen LogP contribution in [0, 0.1) is 5.92 Å². The molecule has 1 atom stereocenters. The van der Waals surface area contributed by atoms with Crippen molar-refractivity contribution in [1.82, 2.24) is 0 Å². The third-order valence-electron chi connectivity index (χ3n) is 4.08. The van der Waals surface area contributed by atoms with E-state index in [1.807, 2.05) is 0 Å². The van der Waals surface area contributed by atoms with Gasteiger partial charge in [-0.1, -0.05) is 84.5 Å². The fourth-order valence-corrected chi connectivity index (χ4v) is 2.74. The maximum atomic E-state index is 10.4. The number of carbonyl (C=O) groups excluding carboxylic acids is 1. The normalized spacial score (nSPS) is 12.3. The highest BCUT2D eigenvalue weighted by molar-refractivity contribution is 5.36. The molecular formula is C18H36O2. The van der Waals surface area contributed by atoms with Crippen LogP contribution in [0.25, 0.3) is 0 Å². The monoisotopic (exact) mass is 284 g/mol. The summed E-state index contributed by atoms with van der Waals surface area (Å²) in [5, 5.41) is 0. The van der Waals surface area contributed by atoms with Crippen molar-refractivity contribution < 1.29 is 9.53 Å². The Morgan fingerprint density at radius 1 is 0.750 bits per heavy atom. The molecule has 0 saturated carbocycles. The Labute approximate surface area is 126 Å². The molecule has 0 N–H and O–H groups in total. The molecule has 0 amide bonds. The summed E-state index contributed by atoms with van der Waals surface area (Å²) < 4.78 is 4.99. The molecule has 0 fully saturated rings. The molecule has 0 aromatic carbocycles. The van der Waals surface area contributed by atoms with Crippen molar-refractivity contribution in [2.75, 3.05) is 6.61 Å². The van der Waals surface area contributed by atoms with Crippen LogP contribution in [0.5, 0.6) is 0 Å². The lowest BCUT2D eigenvalue weighted by atomic mass is 9.95. The van der Waals surface area contributed by atoms with Gasteiger partial charge in [0.05, 0.1) is 6.61 Å². The van der Waals surface area contributed by atoms with Crippen LogP contribution in [0.2, 0.25) is 0 Å². The maximum Gasteiger partial charge on any atom is 0.293 e. The Bertz CT molecular complexity index is 192. The van der Waals surface area contributed by atoms with Crippen molar-refractivity contribution in [3.63, 3.8) is 0 Å². The third-order valence-corrected chi connectivity index (χ3v) is 4.08. The minimum absolute atomic E-state index is 0.591. The fourth-order valence-electron chi connectivity index (χ4n) is 2.74. The van der Waals surface area contributed by atoms with Gasteiger partial charge >= 0.3 is 0 Å². The predicted molar refractivity (Wildman–Crippen MR) is 86.9 cm³/mol. The number of rotatable bonds is 16. The first-order chi connectivity index (χ1) is 9.85. The van der Waals surface area contributed by atoms with E-state index in [0.717, 1.165) is 0 Å². The lowest BCUT2D eigenvalue weighted by Gasteiger charge is -2.15. The minimum Gasteiger partial charge on any atom is -0.468 e. The first-order valence-electron chi connectivity index (χ1n) is 8.90. The molecule has 0 aliphatic heterocycles. The molecule has 0 aromatic heterocycles. The van der Waals surface area contributed by atoms with Gasteiger partial charge in [0, 0.05) is 0 Å². The van der Waals surface area contributed by atoms with Gasteiger partial charge in [-0.25, -0.2) is 0 Å². The second-order valence-electron chi connectivity index (χ2n) is 6.05. The van der Waals surface area contributed by atoms with E-state index in [-0.39, 0.29) is 0 Å². The highest BCUT2D eigenvalue weighted by Crippen LogP contribution is 2.19. The van der Waals surface area contributed by atoms with Crippen molar-refractivity contribution in [3.05, 3.63) is 0 Å². The van der Waals surface area contributed by atoms with Crippen molar-refractivity contribution >= 4 is 6.47 Å². The smallest absolute Gasteiger partial charge is 0.293 e. The second kappa shape index (κ2) is 16.5. The van der Waals surface area contributed by atoms with Gasteiger partial charge in [-0.15, -0.1) is 0 Å². The summed E-state index contributed by atoms with van der Waals surface area (Å²) in [5.41, 5.74) is 0. The molecule has 2 heteroatoms. The first-order valence-corrected chi connectivity index (χ1v) is 8.90. The van der Waals surface area contributed by atoms with Crippen LogP contribution in [0.15, 0.2) is 0 Å². The number of unbranched alkanes of at least 4 members (excludes halogenated alkanes) is 9. The average molecular weight is 284 g/mol. The minimum atomic E-state index is 0.591. The van der Waals surface area contributed by atoms with E-state index in [9.17, 15) is 4.79 Å². The molecule has 2 nitrogen and oxygen atoms in total. The van der Waals surface area contributed by atoms with E-state index in [2.05, 4.69) is 13.8 Å². The van der Waals surface area contributed by atoms with Gasteiger partial charge in [-0.2, -0.15) is 0 Å². The fraction of sp³-hybridized carbons (Fsp3) is 0.944. The number of carbonyl (C=O) groups is 1. The molecule has 0 radical (unpaired) electrons. The van der Waals surface area contributed by atoms with Crippen molar-refractivity contribution in [1.29, 1.82) is 0 Å². The molecule has 0 rings (SSSR count). The number of hydrogen-bond donors (Lipinski definition) is 0. The van der Waals surface area contributed by atoms with Crippen LogP contribution >= 0.6 is 0 Å². The molecule has 0 saturated heterocycles. The van der Waals surface area contributed by atoms with E-state index in [1.54, 1.807) is 0 Å². The largest absolute Gasteiger partial charge is 0.468 e. The highest BCUT2D eigenvalue weighted by Gasteiger charge is 2.09. The Kier molecular flexibility index (Phi) is 16.1. The number of ether oxygens (including phenoxy) is 1. The van der Waals surface area contributed by atoms with Gasteiger partial charge < -0.3 is 4.74 Å². The summed E-state index contributed by atoms with van der Waals surface area (Å²) >= 11 is 0. The summed E-state index contributed by atoms with van der Waals surface area (Å²) in [6.07, 6.45) is 17.2. The zero-order valence-electron chi connectivity index (χ0n) is 13.9. The first kappa shape index (κ1) is 19.5. The van der Waals surface area contributed by atoms with Crippen LogP contribution < -0.4 is 0 Å². The predicted octanol–water partition coefficient (Wildman–Crippen LogP) is 5.89. The van der Waals surface area contributed by atoms with Crippen LogP contribution in [0.4, 0.5) is 0 Å². The zero-order valence-corrected chi connectivity index (χ0v) is 13.9. The van der Waals surface area contributed by atoms with Gasteiger partial charge in [0.25, 0.3) is 6.47 Å². The van der Waals surface area contributed by atoms with E-state index in [4.69, 9.17) is 4.74 Å². The van der Waals surface area contributed by atoms with E-state index in [0.29, 0.717) is 19.0 Å². The van der Waals surface area contributed by atoms with Crippen LogP contribution in [-0.4, -0.2) is 13.1 Å². The van der Waals surface area contributed by atoms with E-state index >= 15 is 0 Å². The Morgan fingerprint density at radius 3 is 1.65 bits per heavy atom. The maximum absolute atomic E-state index is 10.4. The Morgan fingerprint density at radius 2 is 1.20 bits per heavy atom. The van der Waals surface area contributed by atoms with E-state index in [1.165, 1.54) is 83.5 Å². The van der Waals surface area contributed by atoms with Crippen LogP contribution in [0.1, 0.15) is 97.3 Å². The van der Waals surface area contributed by atoms with Crippen molar-refractivity contribution in [3.8, 4) is 0 Å². The number of hydrogen-bond acceptors (Lipinski definition) is 2. The third kappa shape index (κ3) is 13.9. The van der Waals surface area contributed by atoms with Crippen molar-refractivity contribution in [2.45, 2.75) is 97.3 Å². The average Bonchev–Trinajstić information content (AvgIpc) is 2.47. The van der Waals surface area contributed by atoms with Gasteiger partial charge in [0.1, 0.15) is 0 Å². The summed E-state index contributed by atoms with van der Waals surface area (Å²) in [5.74, 6) is 0.591. The Balaban J connectivity index is 3.59. The van der Waals surface area contributed by atoms with Gasteiger partial charge in [-0.05, 0) is 18.8 Å². The summed E-state index contributed by atoms with van der Waals surface area (Å²) in [4.78, 5) is 10.4. The lowest BCUT2D eigenvalue weighted by Crippen LogP contribution is -2.09. The molecule has 0 heterocycles. The van der Waals surface area contributed by atoms with E-state index < -0.39 is 0 Å². The lowest BCUT2D eigenvalue weighted by molar-refractivity contribution is -0.130. The molecule has 0 aliphatic carbocycles. The summed E-state index contributed by atoms with van der Waals surface area (Å²) in [7, 11) is 0. The molecule has 0 aromatic rings. The van der Waals surface area contributed by atoms with Gasteiger partial charge in [0.15, 0.2) is 0 Å².